The molecule has 1 aliphatic heterocycles. The van der Waals surface area contributed by atoms with Crippen LogP contribution in [-0.4, -0.2) is 58.3 Å². The number of ether oxygens (including phenoxy) is 2. The summed E-state index contributed by atoms with van der Waals surface area (Å²) in [5.41, 5.74) is 0. The van der Waals surface area contributed by atoms with Crippen molar-refractivity contribution in [1.29, 1.82) is 0 Å². The van der Waals surface area contributed by atoms with Crippen LogP contribution < -0.4 is 5.32 Å². The maximum absolute atomic E-state index is 12.5. The molecule has 0 radical (unpaired) electrons. The predicted octanol–water partition coefficient (Wildman–Crippen LogP) is 1.41. The number of rotatable bonds is 9. The number of aromatic nitrogens is 4. The number of H-pyrrole nitrogens is 1. The van der Waals surface area contributed by atoms with Crippen LogP contribution in [0.4, 0.5) is 0 Å². The van der Waals surface area contributed by atoms with E-state index in [2.05, 4.69) is 25.9 Å². The van der Waals surface area contributed by atoms with E-state index < -0.39 is 12.0 Å². The summed E-state index contributed by atoms with van der Waals surface area (Å²) in [5.74, 6) is 1.29. The van der Waals surface area contributed by atoms with Crippen LogP contribution >= 0.6 is 0 Å². The Morgan fingerprint density at radius 3 is 2.93 bits per heavy atom. The number of nitrogens with zero attached hydrogens (tertiary/aromatic N) is 3. The second kappa shape index (κ2) is 10.5. The third kappa shape index (κ3) is 5.98. The standard InChI is InChI=1S/C19H31N5O4/c1-2-27-18(25)4-3-9-28-19(26)16-11-15-10-13(5-7-14(15)12-20-16)6-8-17-21-23-24-22-17/h13-16,20H,2-12H2,1H3,(H,21,22,23,24)/t13-,14+,15-,16+/m1/s1/i16D. The molecule has 1 saturated carbocycles. The monoisotopic (exact) mass is 394 g/mol. The molecule has 9 heteroatoms. The van der Waals surface area contributed by atoms with Crippen molar-refractivity contribution in [2.45, 2.75) is 64.3 Å². The molecule has 3 rings (SSSR count). The molecule has 1 saturated heterocycles. The van der Waals surface area contributed by atoms with E-state index in [4.69, 9.17) is 10.8 Å². The lowest BCUT2D eigenvalue weighted by Gasteiger charge is -2.42. The lowest BCUT2D eigenvalue weighted by atomic mass is 9.69. The molecule has 2 aliphatic rings. The summed E-state index contributed by atoms with van der Waals surface area (Å²) in [6.07, 6.45) is 6.17. The number of aromatic amines is 1. The van der Waals surface area contributed by atoms with Gasteiger partial charge in [-0.3, -0.25) is 9.59 Å². The average Bonchev–Trinajstić information content (AvgIpc) is 3.23. The quantitative estimate of drug-likeness (QED) is 0.477. The van der Waals surface area contributed by atoms with Gasteiger partial charge in [0, 0.05) is 12.8 Å². The van der Waals surface area contributed by atoms with Crippen molar-refractivity contribution in [3.05, 3.63) is 5.82 Å². The fraction of sp³-hybridized carbons (Fsp3) is 0.842. The van der Waals surface area contributed by atoms with Gasteiger partial charge in [0.1, 0.15) is 6.02 Å². The van der Waals surface area contributed by atoms with E-state index in [9.17, 15) is 9.59 Å². The van der Waals surface area contributed by atoms with Crippen LogP contribution in [0.5, 0.6) is 0 Å². The van der Waals surface area contributed by atoms with Crippen LogP contribution in [0.1, 0.15) is 59.1 Å². The van der Waals surface area contributed by atoms with E-state index in [1.165, 1.54) is 0 Å². The minimum atomic E-state index is -1.40. The van der Waals surface area contributed by atoms with Crippen LogP contribution in [0, 0.1) is 17.8 Å². The summed E-state index contributed by atoms with van der Waals surface area (Å²) >= 11 is 0. The zero-order valence-electron chi connectivity index (χ0n) is 17.5. The summed E-state index contributed by atoms with van der Waals surface area (Å²) in [4.78, 5) is 23.9. The molecule has 4 atom stereocenters. The van der Waals surface area contributed by atoms with E-state index in [1.807, 2.05) is 0 Å². The largest absolute Gasteiger partial charge is 0.466 e. The summed E-state index contributed by atoms with van der Waals surface area (Å²) in [6.45, 7) is 2.90. The van der Waals surface area contributed by atoms with Gasteiger partial charge in [-0.25, -0.2) is 0 Å². The molecule has 0 bridgehead atoms. The third-order valence-corrected chi connectivity index (χ3v) is 5.77. The third-order valence-electron chi connectivity index (χ3n) is 5.77. The van der Waals surface area contributed by atoms with Crippen LogP contribution in [0.2, 0.25) is 0 Å². The molecule has 28 heavy (non-hydrogen) atoms. The SMILES string of the molecule is [2H][C@@]1(C(=O)OCCCC(=O)OCC)C[C@H]2C[C@@H](CCc3nn[nH]n3)CC[C@H]2CN1. The van der Waals surface area contributed by atoms with E-state index in [-0.39, 0.29) is 19.0 Å². The topological polar surface area (TPSA) is 119 Å². The highest BCUT2D eigenvalue weighted by atomic mass is 16.5. The Bertz CT molecular complexity index is 674. The first kappa shape index (κ1) is 19.3. The summed E-state index contributed by atoms with van der Waals surface area (Å²) in [6, 6.07) is -1.40. The Kier molecular flexibility index (Phi) is 7.23. The van der Waals surface area contributed by atoms with Crippen molar-refractivity contribution in [3.8, 4) is 0 Å². The first-order chi connectivity index (χ1) is 14.0. The van der Waals surface area contributed by atoms with Crippen LogP contribution in [0.3, 0.4) is 0 Å². The molecule has 156 valence electrons. The van der Waals surface area contributed by atoms with Gasteiger partial charge in [-0.05, 0) is 63.3 Å². The lowest BCUT2D eigenvalue weighted by molar-refractivity contribution is -0.150. The van der Waals surface area contributed by atoms with Crippen LogP contribution in [-0.2, 0) is 25.5 Å². The number of nitrogens with one attached hydrogen (secondary N) is 2. The molecule has 1 aromatic rings. The number of esters is 2. The molecule has 0 unspecified atom stereocenters. The fourth-order valence-corrected chi connectivity index (χ4v) is 4.27. The predicted molar refractivity (Wildman–Crippen MR) is 100 cm³/mol. The summed E-state index contributed by atoms with van der Waals surface area (Å²) in [7, 11) is 0. The van der Waals surface area contributed by atoms with Gasteiger partial charge in [-0.1, -0.05) is 11.6 Å². The van der Waals surface area contributed by atoms with E-state index >= 15 is 0 Å². The van der Waals surface area contributed by atoms with Crippen molar-refractivity contribution >= 4 is 11.9 Å². The smallest absolute Gasteiger partial charge is 0.323 e. The molecule has 9 nitrogen and oxygen atoms in total. The molecule has 1 aliphatic carbocycles. The van der Waals surface area contributed by atoms with Crippen LogP contribution in [0.25, 0.3) is 0 Å². The Balaban J connectivity index is 1.44. The molecule has 0 amide bonds. The maximum Gasteiger partial charge on any atom is 0.323 e. The highest BCUT2D eigenvalue weighted by Crippen LogP contribution is 2.40. The van der Waals surface area contributed by atoms with Crippen molar-refractivity contribution in [3.63, 3.8) is 0 Å². The molecule has 2 N–H and O–H groups in total. The summed E-state index contributed by atoms with van der Waals surface area (Å²) in [5, 5.41) is 17.2. The van der Waals surface area contributed by atoms with Crippen molar-refractivity contribution < 1.29 is 20.4 Å². The van der Waals surface area contributed by atoms with Gasteiger partial charge in [0.2, 0.25) is 0 Å². The highest BCUT2D eigenvalue weighted by molar-refractivity contribution is 5.76. The molecular formula is C19H31N5O4. The zero-order chi connectivity index (χ0) is 20.7. The molecule has 0 aromatic carbocycles. The van der Waals surface area contributed by atoms with E-state index in [1.54, 1.807) is 6.92 Å². The molecule has 0 spiro atoms. The van der Waals surface area contributed by atoms with E-state index in [0.717, 1.165) is 37.9 Å². The average molecular weight is 394 g/mol. The minimum Gasteiger partial charge on any atom is -0.466 e. The second-order valence-corrected chi connectivity index (χ2v) is 7.67. The minimum absolute atomic E-state index is 0.126. The lowest BCUT2D eigenvalue weighted by Crippen LogP contribution is -2.50. The first-order valence-corrected chi connectivity index (χ1v) is 10.3. The first-order valence-electron chi connectivity index (χ1n) is 10.8. The number of carbonyl (C=O) groups is 2. The zero-order valence-corrected chi connectivity index (χ0v) is 16.5. The Hall–Kier alpha value is -2.03. The Morgan fingerprint density at radius 2 is 2.14 bits per heavy atom. The highest BCUT2D eigenvalue weighted by Gasteiger charge is 2.38. The van der Waals surface area contributed by atoms with Gasteiger partial charge in [0.05, 0.1) is 14.6 Å². The number of hydrogen-bond donors (Lipinski definition) is 2. The van der Waals surface area contributed by atoms with Crippen molar-refractivity contribution in [2.24, 2.45) is 17.8 Å². The summed E-state index contributed by atoms with van der Waals surface area (Å²) < 4.78 is 18.8. The van der Waals surface area contributed by atoms with Crippen molar-refractivity contribution in [1.82, 2.24) is 25.9 Å². The second-order valence-electron chi connectivity index (χ2n) is 7.67. The van der Waals surface area contributed by atoms with Gasteiger partial charge in [0.25, 0.3) is 0 Å². The molecular weight excluding hydrogens is 362 g/mol. The molecule has 2 fully saturated rings. The molecule has 2 heterocycles. The van der Waals surface area contributed by atoms with Gasteiger partial charge < -0.3 is 14.8 Å². The number of carbonyl (C=O) groups excluding carboxylic acids is 2. The van der Waals surface area contributed by atoms with Crippen molar-refractivity contribution in [2.75, 3.05) is 19.8 Å². The van der Waals surface area contributed by atoms with Crippen LogP contribution in [0.15, 0.2) is 0 Å². The maximum atomic E-state index is 12.5. The normalized spacial score (nSPS) is 30.2. The Labute approximate surface area is 166 Å². The number of hydrogen-bond acceptors (Lipinski definition) is 8. The van der Waals surface area contributed by atoms with Gasteiger partial charge in [-0.15, -0.1) is 10.2 Å². The number of piperidine rings is 1. The van der Waals surface area contributed by atoms with Gasteiger partial charge in [0.15, 0.2) is 5.82 Å². The van der Waals surface area contributed by atoms with Gasteiger partial charge >= 0.3 is 11.9 Å². The Morgan fingerprint density at radius 1 is 1.25 bits per heavy atom. The number of fused-ring (bicyclic) bond motifs is 1. The number of aryl methyl sites for hydroxylation is 1. The fourth-order valence-electron chi connectivity index (χ4n) is 4.27. The molecule has 1 aromatic heterocycles. The van der Waals surface area contributed by atoms with Gasteiger partial charge in [-0.2, -0.15) is 5.21 Å². The number of tetrazole rings is 1. The van der Waals surface area contributed by atoms with E-state index in [0.29, 0.717) is 43.7 Å².